The van der Waals surface area contributed by atoms with Crippen molar-refractivity contribution in [2.75, 3.05) is 31.1 Å². The van der Waals surface area contributed by atoms with Gasteiger partial charge in [0.25, 0.3) is 5.91 Å². The summed E-state index contributed by atoms with van der Waals surface area (Å²) in [5, 5.41) is 11.0. The predicted molar refractivity (Wildman–Crippen MR) is 128 cm³/mol. The highest BCUT2D eigenvalue weighted by molar-refractivity contribution is 7.20. The number of fused-ring (bicyclic) bond motifs is 2. The van der Waals surface area contributed by atoms with Crippen LogP contribution in [0.5, 0.6) is 0 Å². The molecule has 0 saturated carbocycles. The third kappa shape index (κ3) is 3.25. The van der Waals surface area contributed by atoms with Crippen LogP contribution < -0.4 is 4.90 Å². The second-order valence-electron chi connectivity index (χ2n) is 8.14. The SMILES string of the molecule is Cc1nn(-c2ccccc2)c2sc(C(=O)N3CCN(c4ncnc5c4cnn5C)CC3)cc12. The Labute approximate surface area is 193 Å². The Kier molecular flexibility index (Phi) is 4.61. The van der Waals surface area contributed by atoms with Gasteiger partial charge in [-0.3, -0.25) is 9.48 Å². The zero-order chi connectivity index (χ0) is 22.5. The maximum absolute atomic E-state index is 13.3. The van der Waals surface area contributed by atoms with Gasteiger partial charge in [0.2, 0.25) is 0 Å². The molecular formula is C23H22N8OS. The minimum Gasteiger partial charge on any atom is -0.352 e. The number of carbonyl (C=O) groups excluding carboxylic acids is 1. The van der Waals surface area contributed by atoms with Crippen molar-refractivity contribution >= 4 is 44.3 Å². The van der Waals surface area contributed by atoms with E-state index in [1.807, 2.05) is 60.0 Å². The maximum atomic E-state index is 13.3. The summed E-state index contributed by atoms with van der Waals surface area (Å²) < 4.78 is 3.68. The third-order valence-corrected chi connectivity index (χ3v) is 7.23. The van der Waals surface area contributed by atoms with Crippen molar-refractivity contribution in [2.45, 2.75) is 6.92 Å². The van der Waals surface area contributed by atoms with Gasteiger partial charge in [-0.05, 0) is 25.1 Å². The van der Waals surface area contributed by atoms with Gasteiger partial charge in [0.15, 0.2) is 5.65 Å². The number of hydrogen-bond acceptors (Lipinski definition) is 7. The summed E-state index contributed by atoms with van der Waals surface area (Å²) in [5.41, 5.74) is 2.74. The first-order valence-electron chi connectivity index (χ1n) is 10.8. The molecule has 0 spiro atoms. The largest absolute Gasteiger partial charge is 0.352 e. The standard InChI is InChI=1S/C23H22N8OS/c1-15-17-12-19(33-23(17)31(27-15)16-6-4-3-5-7-16)22(32)30-10-8-29(9-11-30)21-18-13-26-28(2)20(18)24-14-25-21/h3-7,12-14H,8-11H2,1-2H3. The van der Waals surface area contributed by atoms with Crippen LogP contribution in [0.3, 0.4) is 0 Å². The summed E-state index contributed by atoms with van der Waals surface area (Å²) in [6.07, 6.45) is 3.38. The number of aryl methyl sites for hydroxylation is 2. The molecule has 0 radical (unpaired) electrons. The fraction of sp³-hybridized carbons (Fsp3) is 0.261. The van der Waals surface area contributed by atoms with Crippen molar-refractivity contribution in [1.29, 1.82) is 0 Å². The molecule has 0 atom stereocenters. The first-order chi connectivity index (χ1) is 16.1. The zero-order valence-electron chi connectivity index (χ0n) is 18.3. The van der Waals surface area contributed by atoms with Crippen LogP contribution in [0.2, 0.25) is 0 Å². The van der Waals surface area contributed by atoms with E-state index in [9.17, 15) is 4.79 Å². The number of anilines is 1. The molecule has 10 heteroatoms. The lowest BCUT2D eigenvalue weighted by Crippen LogP contribution is -2.49. The van der Waals surface area contributed by atoms with Crippen LogP contribution in [0.4, 0.5) is 5.82 Å². The van der Waals surface area contributed by atoms with Crippen LogP contribution >= 0.6 is 11.3 Å². The summed E-state index contributed by atoms with van der Waals surface area (Å²) in [7, 11) is 1.87. The maximum Gasteiger partial charge on any atom is 0.264 e. The van der Waals surface area contributed by atoms with Crippen LogP contribution in [-0.4, -0.2) is 66.5 Å². The minimum absolute atomic E-state index is 0.0732. The second kappa shape index (κ2) is 7.66. The van der Waals surface area contributed by atoms with Gasteiger partial charge in [-0.1, -0.05) is 18.2 Å². The number of aromatic nitrogens is 6. The first-order valence-corrected chi connectivity index (χ1v) is 11.6. The molecule has 1 aliphatic heterocycles. The molecule has 33 heavy (non-hydrogen) atoms. The first kappa shape index (κ1) is 19.9. The van der Waals surface area contributed by atoms with Crippen LogP contribution in [0, 0.1) is 6.92 Å². The Bertz CT molecular complexity index is 1480. The van der Waals surface area contributed by atoms with Crippen molar-refractivity contribution in [3.8, 4) is 5.69 Å². The summed E-state index contributed by atoms with van der Waals surface area (Å²) in [4.78, 5) is 28.0. The number of carbonyl (C=O) groups is 1. The van der Waals surface area contributed by atoms with Gasteiger partial charge in [-0.2, -0.15) is 10.2 Å². The van der Waals surface area contributed by atoms with E-state index in [1.54, 1.807) is 17.2 Å². The molecule has 166 valence electrons. The average Bonchev–Trinajstić information content (AvgIpc) is 3.54. The predicted octanol–water partition coefficient (Wildman–Crippen LogP) is 3.03. The lowest BCUT2D eigenvalue weighted by Gasteiger charge is -2.35. The van der Waals surface area contributed by atoms with Gasteiger partial charge in [0.1, 0.15) is 17.0 Å². The molecular weight excluding hydrogens is 436 g/mol. The topological polar surface area (TPSA) is 85.0 Å². The fourth-order valence-corrected chi connectivity index (χ4v) is 5.53. The van der Waals surface area contributed by atoms with Gasteiger partial charge in [0, 0.05) is 38.6 Å². The molecule has 0 bridgehead atoms. The number of benzene rings is 1. The third-order valence-electron chi connectivity index (χ3n) is 6.13. The van der Waals surface area contributed by atoms with Gasteiger partial charge < -0.3 is 9.80 Å². The Morgan fingerprint density at radius 1 is 1.03 bits per heavy atom. The van der Waals surface area contributed by atoms with E-state index < -0.39 is 0 Å². The van der Waals surface area contributed by atoms with Crippen LogP contribution in [0.1, 0.15) is 15.4 Å². The highest BCUT2D eigenvalue weighted by Crippen LogP contribution is 2.31. The molecule has 1 aliphatic rings. The molecule has 1 fully saturated rings. The van der Waals surface area contributed by atoms with Crippen molar-refractivity contribution in [3.05, 3.63) is 59.5 Å². The molecule has 5 heterocycles. The van der Waals surface area contributed by atoms with E-state index in [0.29, 0.717) is 26.2 Å². The summed E-state index contributed by atoms with van der Waals surface area (Å²) in [6.45, 7) is 4.70. The Hall–Kier alpha value is -3.79. The molecule has 0 N–H and O–H groups in total. The quantitative estimate of drug-likeness (QED) is 0.413. The van der Waals surface area contributed by atoms with Crippen molar-refractivity contribution in [2.24, 2.45) is 7.05 Å². The number of nitrogens with zero attached hydrogens (tertiary/aromatic N) is 8. The van der Waals surface area contributed by atoms with Crippen LogP contribution in [0.15, 0.2) is 48.9 Å². The lowest BCUT2D eigenvalue weighted by atomic mass is 10.2. The van der Waals surface area contributed by atoms with E-state index in [-0.39, 0.29) is 5.91 Å². The highest BCUT2D eigenvalue weighted by atomic mass is 32.1. The number of para-hydroxylation sites is 1. The average molecular weight is 459 g/mol. The van der Waals surface area contributed by atoms with Crippen LogP contribution in [-0.2, 0) is 7.05 Å². The second-order valence-corrected chi connectivity index (χ2v) is 9.17. The zero-order valence-corrected chi connectivity index (χ0v) is 19.2. The molecule has 0 unspecified atom stereocenters. The van der Waals surface area contributed by atoms with Crippen molar-refractivity contribution in [1.82, 2.24) is 34.4 Å². The molecule has 1 saturated heterocycles. The summed E-state index contributed by atoms with van der Waals surface area (Å²) in [6, 6.07) is 12.0. The number of piperazine rings is 1. The van der Waals surface area contributed by atoms with Crippen molar-refractivity contribution in [3.63, 3.8) is 0 Å². The molecule has 9 nitrogen and oxygen atoms in total. The number of rotatable bonds is 3. The normalized spacial score (nSPS) is 14.5. The Morgan fingerprint density at radius 2 is 1.82 bits per heavy atom. The minimum atomic E-state index is 0.0732. The van der Waals surface area contributed by atoms with Crippen LogP contribution in [0.25, 0.3) is 26.9 Å². The van der Waals surface area contributed by atoms with Gasteiger partial charge in [-0.15, -0.1) is 11.3 Å². The fourth-order valence-electron chi connectivity index (χ4n) is 4.38. The molecule has 0 aliphatic carbocycles. The molecule has 1 aromatic carbocycles. The lowest BCUT2D eigenvalue weighted by molar-refractivity contribution is 0.0751. The molecule has 1 amide bonds. The number of thiophene rings is 1. The highest BCUT2D eigenvalue weighted by Gasteiger charge is 2.26. The number of amides is 1. The monoisotopic (exact) mass is 458 g/mol. The number of hydrogen-bond donors (Lipinski definition) is 0. The van der Waals surface area contributed by atoms with E-state index in [0.717, 1.165) is 43.3 Å². The molecule has 5 aromatic rings. The Balaban J connectivity index is 1.23. The van der Waals surface area contributed by atoms with Gasteiger partial charge >= 0.3 is 0 Å². The van der Waals surface area contributed by atoms with E-state index >= 15 is 0 Å². The van der Waals surface area contributed by atoms with Crippen molar-refractivity contribution < 1.29 is 4.79 Å². The smallest absolute Gasteiger partial charge is 0.264 e. The van der Waals surface area contributed by atoms with E-state index in [2.05, 4.69) is 25.1 Å². The van der Waals surface area contributed by atoms with E-state index in [4.69, 9.17) is 0 Å². The molecule has 4 aromatic heterocycles. The van der Waals surface area contributed by atoms with Gasteiger partial charge in [0.05, 0.1) is 27.8 Å². The summed E-state index contributed by atoms with van der Waals surface area (Å²) >= 11 is 1.51. The van der Waals surface area contributed by atoms with E-state index in [1.165, 1.54) is 11.3 Å². The molecule has 6 rings (SSSR count). The Morgan fingerprint density at radius 3 is 2.61 bits per heavy atom. The summed E-state index contributed by atoms with van der Waals surface area (Å²) in [5.74, 6) is 0.949. The van der Waals surface area contributed by atoms with Gasteiger partial charge in [-0.25, -0.2) is 14.6 Å².